The molecule has 1 amide bonds. The van der Waals surface area contributed by atoms with E-state index < -0.39 is 17.3 Å². The third-order valence-corrected chi connectivity index (χ3v) is 6.20. The number of ether oxygens (including phenoxy) is 1. The van der Waals surface area contributed by atoms with Gasteiger partial charge in [0.25, 0.3) is 0 Å². The lowest BCUT2D eigenvalue weighted by Gasteiger charge is -2.38. The summed E-state index contributed by atoms with van der Waals surface area (Å²) in [6.07, 6.45) is -1.13. The number of hydrogen-bond acceptors (Lipinski definition) is 5. The molecule has 1 atom stereocenters. The number of rotatable bonds is 3. The number of halogens is 3. The zero-order valence-electron chi connectivity index (χ0n) is 20.6. The van der Waals surface area contributed by atoms with Gasteiger partial charge >= 0.3 is 12.3 Å². The van der Waals surface area contributed by atoms with Crippen molar-refractivity contribution in [2.45, 2.75) is 51.4 Å². The molecule has 35 heavy (non-hydrogen) atoms. The van der Waals surface area contributed by atoms with Crippen molar-refractivity contribution in [1.29, 1.82) is 0 Å². The van der Waals surface area contributed by atoms with Gasteiger partial charge in [0.05, 0.1) is 11.1 Å². The van der Waals surface area contributed by atoms with E-state index in [2.05, 4.69) is 10.2 Å². The van der Waals surface area contributed by atoms with E-state index in [0.717, 1.165) is 35.9 Å². The van der Waals surface area contributed by atoms with Crippen LogP contribution in [0.15, 0.2) is 36.5 Å². The van der Waals surface area contributed by atoms with Crippen molar-refractivity contribution in [2.24, 2.45) is 7.05 Å². The number of carbonyl (C=O) groups is 1. The second-order valence-electron chi connectivity index (χ2n) is 9.97. The first kappa shape index (κ1) is 24.8. The Kier molecular flexibility index (Phi) is 6.42. The van der Waals surface area contributed by atoms with E-state index in [0.29, 0.717) is 30.2 Å². The highest BCUT2D eigenvalue weighted by atomic mass is 19.4. The highest BCUT2D eigenvalue weighted by molar-refractivity contribution is 5.98. The molecular formula is C25H30F3N5O2. The minimum Gasteiger partial charge on any atom is -0.444 e. The van der Waals surface area contributed by atoms with Gasteiger partial charge in [-0.15, -0.1) is 10.2 Å². The average Bonchev–Trinajstić information content (AvgIpc) is 3.18. The Morgan fingerprint density at radius 3 is 2.43 bits per heavy atom. The van der Waals surface area contributed by atoms with Crippen LogP contribution < -0.4 is 4.90 Å². The Morgan fingerprint density at radius 1 is 1.11 bits per heavy atom. The molecule has 1 fully saturated rings. The van der Waals surface area contributed by atoms with Crippen molar-refractivity contribution in [3.63, 3.8) is 0 Å². The van der Waals surface area contributed by atoms with Gasteiger partial charge in [-0.2, -0.15) is 13.2 Å². The van der Waals surface area contributed by atoms with Gasteiger partial charge in [-0.1, -0.05) is 12.1 Å². The normalized spacial score (nSPS) is 17.0. The van der Waals surface area contributed by atoms with E-state index in [9.17, 15) is 18.0 Å². The minimum absolute atomic E-state index is 0.0144. The summed E-state index contributed by atoms with van der Waals surface area (Å²) in [5.41, 5.74) is 0.633. The van der Waals surface area contributed by atoms with Crippen LogP contribution in [0.1, 0.15) is 39.2 Å². The molecule has 0 unspecified atom stereocenters. The SMILES string of the molecule is CN(c1nnc(-c2ccc(C(F)(F)F)cc2)c2ccn(C)c12)[C@@H]1CCCN(C(=O)OC(C)(C)C)C1. The number of hydrogen-bond donors (Lipinski definition) is 0. The number of benzene rings is 1. The molecule has 4 rings (SSSR count). The fraction of sp³-hybridized carbons (Fsp3) is 0.480. The van der Waals surface area contributed by atoms with E-state index in [1.807, 2.05) is 56.6 Å². The fourth-order valence-corrected chi connectivity index (χ4v) is 4.40. The molecule has 3 heterocycles. The van der Waals surface area contributed by atoms with Crippen LogP contribution in [0, 0.1) is 0 Å². The number of likely N-dealkylation sites (tertiary alicyclic amines) is 1. The Hall–Kier alpha value is -3.30. The third-order valence-electron chi connectivity index (χ3n) is 6.20. The Bertz CT molecular complexity index is 1210. The number of aryl methyl sites for hydroxylation is 1. The van der Waals surface area contributed by atoms with Gasteiger partial charge in [0.2, 0.25) is 0 Å². The minimum atomic E-state index is -4.40. The molecule has 1 aliphatic rings. The topological polar surface area (TPSA) is 63.5 Å². The number of fused-ring (bicyclic) bond motifs is 1. The molecule has 1 aliphatic heterocycles. The number of alkyl halides is 3. The number of piperidine rings is 1. The standard InChI is InChI=1S/C25H30F3N5O2/c1-24(2,3)35-23(34)33-13-6-7-18(15-33)32(5)22-21-19(12-14-31(21)4)20(29-30-22)16-8-10-17(11-9-16)25(26,27)28/h8-12,14,18H,6-7,13,15H2,1-5H3/t18-/m1/s1. The molecule has 2 aromatic heterocycles. The van der Waals surface area contributed by atoms with E-state index in [4.69, 9.17) is 4.74 Å². The number of amides is 1. The number of aromatic nitrogens is 3. The van der Waals surface area contributed by atoms with Crippen LogP contribution in [0.25, 0.3) is 22.2 Å². The summed E-state index contributed by atoms with van der Waals surface area (Å²) in [5.74, 6) is 0.652. The summed E-state index contributed by atoms with van der Waals surface area (Å²) < 4.78 is 46.4. The molecule has 0 radical (unpaired) electrons. The van der Waals surface area contributed by atoms with E-state index in [1.54, 1.807) is 4.90 Å². The molecule has 0 aliphatic carbocycles. The molecule has 7 nitrogen and oxygen atoms in total. The predicted octanol–water partition coefficient (Wildman–Crippen LogP) is 5.49. The molecule has 1 aromatic carbocycles. The van der Waals surface area contributed by atoms with Crippen LogP contribution in [-0.2, 0) is 18.0 Å². The van der Waals surface area contributed by atoms with Crippen LogP contribution in [0.5, 0.6) is 0 Å². The maximum Gasteiger partial charge on any atom is 0.416 e. The van der Waals surface area contributed by atoms with Crippen molar-refractivity contribution in [3.8, 4) is 11.3 Å². The highest BCUT2D eigenvalue weighted by Gasteiger charge is 2.32. The summed E-state index contributed by atoms with van der Waals surface area (Å²) in [5, 5.41) is 9.69. The summed E-state index contributed by atoms with van der Waals surface area (Å²) in [7, 11) is 3.82. The molecular weight excluding hydrogens is 459 g/mol. The molecule has 188 valence electrons. The quantitative estimate of drug-likeness (QED) is 0.487. The monoisotopic (exact) mass is 489 g/mol. The highest BCUT2D eigenvalue weighted by Crippen LogP contribution is 2.35. The lowest BCUT2D eigenvalue weighted by atomic mass is 10.0. The molecule has 3 aromatic rings. The van der Waals surface area contributed by atoms with Gasteiger partial charge in [0, 0.05) is 50.4 Å². The van der Waals surface area contributed by atoms with Crippen molar-refractivity contribution < 1.29 is 22.7 Å². The van der Waals surface area contributed by atoms with Crippen molar-refractivity contribution >= 4 is 22.8 Å². The van der Waals surface area contributed by atoms with Crippen LogP contribution in [-0.4, -0.2) is 57.5 Å². The Morgan fingerprint density at radius 2 is 1.80 bits per heavy atom. The van der Waals surface area contributed by atoms with Crippen LogP contribution in [0.4, 0.5) is 23.8 Å². The Labute approximate surface area is 202 Å². The number of carbonyl (C=O) groups excluding carboxylic acids is 1. The van der Waals surface area contributed by atoms with Gasteiger partial charge in [-0.05, 0) is 51.8 Å². The summed E-state index contributed by atoms with van der Waals surface area (Å²) in [6.45, 7) is 6.67. The van der Waals surface area contributed by atoms with Crippen LogP contribution in [0.2, 0.25) is 0 Å². The molecule has 0 saturated carbocycles. The van der Waals surface area contributed by atoms with E-state index in [-0.39, 0.29) is 12.1 Å². The maximum atomic E-state index is 13.0. The lowest BCUT2D eigenvalue weighted by molar-refractivity contribution is -0.137. The zero-order chi connectivity index (χ0) is 25.5. The fourth-order valence-electron chi connectivity index (χ4n) is 4.40. The van der Waals surface area contributed by atoms with Gasteiger partial charge in [0.1, 0.15) is 11.3 Å². The zero-order valence-corrected chi connectivity index (χ0v) is 20.6. The van der Waals surface area contributed by atoms with Crippen molar-refractivity contribution in [1.82, 2.24) is 19.7 Å². The number of anilines is 1. The first-order chi connectivity index (χ1) is 16.3. The predicted molar refractivity (Wildman–Crippen MR) is 128 cm³/mol. The first-order valence-corrected chi connectivity index (χ1v) is 11.6. The van der Waals surface area contributed by atoms with Gasteiger partial charge in [-0.3, -0.25) is 0 Å². The van der Waals surface area contributed by atoms with Gasteiger partial charge in [0.15, 0.2) is 5.82 Å². The number of nitrogens with zero attached hydrogens (tertiary/aromatic N) is 5. The van der Waals surface area contributed by atoms with Crippen LogP contribution in [0.3, 0.4) is 0 Å². The second-order valence-corrected chi connectivity index (χ2v) is 9.97. The second kappa shape index (κ2) is 9.05. The Balaban J connectivity index is 1.63. The summed E-state index contributed by atoms with van der Waals surface area (Å²) >= 11 is 0. The van der Waals surface area contributed by atoms with Crippen molar-refractivity contribution in [3.05, 3.63) is 42.1 Å². The van der Waals surface area contributed by atoms with Gasteiger partial charge in [-0.25, -0.2) is 4.79 Å². The van der Waals surface area contributed by atoms with Crippen molar-refractivity contribution in [2.75, 3.05) is 25.0 Å². The molecule has 0 bridgehead atoms. The van der Waals surface area contributed by atoms with Crippen LogP contribution >= 0.6 is 0 Å². The first-order valence-electron chi connectivity index (χ1n) is 11.6. The smallest absolute Gasteiger partial charge is 0.416 e. The largest absolute Gasteiger partial charge is 0.444 e. The summed E-state index contributed by atoms with van der Waals surface area (Å²) in [6, 6.07) is 6.85. The molecule has 10 heteroatoms. The number of likely N-dealkylation sites (N-methyl/N-ethyl adjacent to an activating group) is 1. The molecule has 0 spiro atoms. The van der Waals surface area contributed by atoms with Gasteiger partial charge < -0.3 is 19.1 Å². The average molecular weight is 490 g/mol. The molecule has 0 N–H and O–H groups in total. The third kappa shape index (κ3) is 5.21. The summed E-state index contributed by atoms with van der Waals surface area (Å²) in [4.78, 5) is 16.4. The molecule has 1 saturated heterocycles. The van der Waals surface area contributed by atoms with E-state index >= 15 is 0 Å². The lowest BCUT2D eigenvalue weighted by Crippen LogP contribution is -2.50. The maximum absolute atomic E-state index is 13.0. The van der Waals surface area contributed by atoms with E-state index in [1.165, 1.54) is 12.1 Å².